The summed E-state index contributed by atoms with van der Waals surface area (Å²) in [7, 11) is 4.78. The van der Waals surface area contributed by atoms with Crippen molar-refractivity contribution in [2.75, 3.05) is 27.9 Å². The first kappa shape index (κ1) is 23.1. The number of benzene rings is 2. The summed E-state index contributed by atoms with van der Waals surface area (Å²) in [5.41, 5.74) is 0.925. The summed E-state index contributed by atoms with van der Waals surface area (Å²) in [5.74, 6) is 1.92. The first-order valence-corrected chi connectivity index (χ1v) is 9.89. The molecule has 2 aromatic rings. The summed E-state index contributed by atoms with van der Waals surface area (Å²) in [6, 6.07) is 14.2. The molecular weight excluding hydrogens is 384 g/mol. The van der Waals surface area contributed by atoms with Crippen molar-refractivity contribution in [3.63, 3.8) is 0 Å². The minimum atomic E-state index is -0.577. The van der Waals surface area contributed by atoms with E-state index in [1.807, 2.05) is 48.5 Å². The summed E-state index contributed by atoms with van der Waals surface area (Å²) < 4.78 is 16.0. The van der Waals surface area contributed by atoms with Gasteiger partial charge in [0.05, 0.1) is 20.8 Å². The average Bonchev–Trinajstić information content (AvgIpc) is 2.79. The van der Waals surface area contributed by atoms with Gasteiger partial charge in [0.1, 0.15) is 23.3 Å². The number of likely N-dealkylation sites (N-methyl/N-ethyl adjacent to an activating group) is 1. The molecule has 2 amide bonds. The van der Waals surface area contributed by atoms with Gasteiger partial charge in [-0.15, -0.1) is 0 Å². The van der Waals surface area contributed by atoms with Crippen molar-refractivity contribution in [2.24, 2.45) is 0 Å². The van der Waals surface area contributed by atoms with Gasteiger partial charge in [-0.2, -0.15) is 0 Å². The van der Waals surface area contributed by atoms with Crippen LogP contribution in [0.4, 0.5) is 0 Å². The highest BCUT2D eigenvalue weighted by Gasteiger charge is 2.25. The Kier molecular flexibility index (Phi) is 9.00. The number of amides is 2. The van der Waals surface area contributed by atoms with Gasteiger partial charge in [-0.05, 0) is 55.3 Å². The molecule has 0 fully saturated rings. The molecule has 0 saturated carbocycles. The zero-order valence-corrected chi connectivity index (χ0v) is 18.0. The van der Waals surface area contributed by atoms with Crippen LogP contribution < -0.4 is 19.5 Å². The largest absolute Gasteiger partial charge is 0.497 e. The number of nitrogens with zero attached hydrogens (tertiary/aromatic N) is 1. The molecule has 162 valence electrons. The van der Waals surface area contributed by atoms with Crippen LogP contribution in [-0.4, -0.2) is 50.6 Å². The molecule has 0 aliphatic heterocycles. The number of hydrogen-bond acceptors (Lipinski definition) is 5. The molecule has 0 aromatic heterocycles. The van der Waals surface area contributed by atoms with Crippen LogP contribution in [0, 0.1) is 0 Å². The molecular formula is C23H30N2O5. The smallest absolute Gasteiger partial charge is 0.242 e. The third kappa shape index (κ3) is 6.69. The van der Waals surface area contributed by atoms with E-state index in [0.29, 0.717) is 19.6 Å². The average molecular weight is 415 g/mol. The van der Waals surface area contributed by atoms with Crippen molar-refractivity contribution in [2.45, 2.75) is 32.4 Å². The minimum absolute atomic E-state index is 0.0970. The van der Waals surface area contributed by atoms with Gasteiger partial charge in [0.15, 0.2) is 0 Å². The Balaban J connectivity index is 1.94. The Bertz CT molecular complexity index is 805. The van der Waals surface area contributed by atoms with Crippen LogP contribution in [0.15, 0.2) is 48.5 Å². The number of carbonyl (C=O) groups excluding carboxylic acids is 2. The molecule has 2 rings (SSSR count). The van der Waals surface area contributed by atoms with E-state index in [0.717, 1.165) is 22.8 Å². The fourth-order valence-electron chi connectivity index (χ4n) is 2.95. The molecule has 0 spiro atoms. The molecule has 7 nitrogen and oxygen atoms in total. The monoisotopic (exact) mass is 414 g/mol. The molecule has 0 bridgehead atoms. The van der Waals surface area contributed by atoms with Gasteiger partial charge in [-0.3, -0.25) is 9.59 Å². The Labute approximate surface area is 177 Å². The molecule has 1 N–H and O–H groups in total. The standard InChI is InChI=1S/C23H30N2O5/c1-17(23(27)24-2)25(16-18-7-9-19(28-3)10-8-18)22(26)6-5-15-30-21-13-11-20(29-4)12-14-21/h7-14,17H,5-6,15-16H2,1-4H3,(H,24,27). The topological polar surface area (TPSA) is 77.1 Å². The van der Waals surface area contributed by atoms with Crippen LogP contribution in [0.5, 0.6) is 17.2 Å². The van der Waals surface area contributed by atoms with E-state index in [2.05, 4.69) is 5.32 Å². The maximum atomic E-state index is 12.9. The number of rotatable bonds is 11. The molecule has 0 saturated heterocycles. The maximum Gasteiger partial charge on any atom is 0.242 e. The predicted octanol–water partition coefficient (Wildman–Crippen LogP) is 3.03. The Morgan fingerprint density at radius 1 is 0.933 bits per heavy atom. The summed E-state index contributed by atoms with van der Waals surface area (Å²) in [4.78, 5) is 26.6. The van der Waals surface area contributed by atoms with Gasteiger partial charge in [0, 0.05) is 20.0 Å². The van der Waals surface area contributed by atoms with E-state index >= 15 is 0 Å². The molecule has 1 atom stereocenters. The quantitative estimate of drug-likeness (QED) is 0.572. The molecule has 0 aliphatic carbocycles. The Morgan fingerprint density at radius 3 is 2.00 bits per heavy atom. The first-order chi connectivity index (χ1) is 14.5. The van der Waals surface area contributed by atoms with Gasteiger partial charge in [0.25, 0.3) is 0 Å². The fourth-order valence-corrected chi connectivity index (χ4v) is 2.95. The zero-order chi connectivity index (χ0) is 21.9. The number of ether oxygens (including phenoxy) is 3. The van der Waals surface area contributed by atoms with Crippen LogP contribution in [0.3, 0.4) is 0 Å². The number of nitrogens with one attached hydrogen (secondary N) is 1. The Morgan fingerprint density at radius 2 is 1.47 bits per heavy atom. The molecule has 1 unspecified atom stereocenters. The van der Waals surface area contributed by atoms with Crippen LogP contribution in [0.2, 0.25) is 0 Å². The summed E-state index contributed by atoms with van der Waals surface area (Å²) in [6.45, 7) is 2.48. The molecule has 0 heterocycles. The second-order valence-corrected chi connectivity index (χ2v) is 6.79. The summed E-state index contributed by atoms with van der Waals surface area (Å²) >= 11 is 0. The normalized spacial score (nSPS) is 11.3. The van der Waals surface area contributed by atoms with Crippen molar-refractivity contribution < 1.29 is 23.8 Å². The van der Waals surface area contributed by atoms with Gasteiger partial charge in [-0.25, -0.2) is 0 Å². The third-order valence-electron chi connectivity index (χ3n) is 4.79. The van der Waals surface area contributed by atoms with Gasteiger partial charge >= 0.3 is 0 Å². The second kappa shape index (κ2) is 11.7. The number of carbonyl (C=O) groups is 2. The summed E-state index contributed by atoms with van der Waals surface area (Å²) in [6.07, 6.45) is 0.831. The summed E-state index contributed by atoms with van der Waals surface area (Å²) in [5, 5.41) is 2.61. The van der Waals surface area contributed by atoms with E-state index in [4.69, 9.17) is 14.2 Å². The lowest BCUT2D eigenvalue weighted by Crippen LogP contribution is -2.46. The first-order valence-electron chi connectivity index (χ1n) is 9.89. The van der Waals surface area contributed by atoms with Crippen LogP contribution >= 0.6 is 0 Å². The lowest BCUT2D eigenvalue weighted by Gasteiger charge is -2.28. The van der Waals surface area contributed by atoms with Crippen LogP contribution in [-0.2, 0) is 16.1 Å². The van der Waals surface area contributed by atoms with Gasteiger partial charge in [-0.1, -0.05) is 12.1 Å². The maximum absolute atomic E-state index is 12.9. The van der Waals surface area contributed by atoms with Crippen LogP contribution in [0.25, 0.3) is 0 Å². The van der Waals surface area contributed by atoms with Crippen LogP contribution in [0.1, 0.15) is 25.3 Å². The lowest BCUT2D eigenvalue weighted by atomic mass is 10.1. The van der Waals surface area contributed by atoms with Crippen molar-refractivity contribution in [1.29, 1.82) is 0 Å². The highest BCUT2D eigenvalue weighted by molar-refractivity contribution is 5.87. The molecule has 2 aromatic carbocycles. The lowest BCUT2D eigenvalue weighted by molar-refractivity contribution is -0.140. The zero-order valence-electron chi connectivity index (χ0n) is 18.0. The number of hydrogen-bond donors (Lipinski definition) is 1. The van der Waals surface area contributed by atoms with E-state index in [1.54, 1.807) is 33.1 Å². The highest BCUT2D eigenvalue weighted by Crippen LogP contribution is 2.18. The molecule has 0 aliphatic rings. The van der Waals surface area contributed by atoms with Gasteiger partial charge < -0.3 is 24.4 Å². The van der Waals surface area contributed by atoms with Gasteiger partial charge in [0.2, 0.25) is 11.8 Å². The van der Waals surface area contributed by atoms with Crippen molar-refractivity contribution in [3.8, 4) is 17.2 Å². The third-order valence-corrected chi connectivity index (χ3v) is 4.79. The fraction of sp³-hybridized carbons (Fsp3) is 0.391. The van der Waals surface area contributed by atoms with E-state index in [-0.39, 0.29) is 18.2 Å². The van der Waals surface area contributed by atoms with Crippen molar-refractivity contribution in [1.82, 2.24) is 10.2 Å². The molecule has 0 radical (unpaired) electrons. The SMILES string of the molecule is CNC(=O)C(C)N(Cc1ccc(OC)cc1)C(=O)CCCOc1ccc(OC)cc1. The van der Waals surface area contributed by atoms with Crippen molar-refractivity contribution in [3.05, 3.63) is 54.1 Å². The second-order valence-electron chi connectivity index (χ2n) is 6.79. The van der Waals surface area contributed by atoms with Crippen molar-refractivity contribution >= 4 is 11.8 Å². The number of methoxy groups -OCH3 is 2. The Hall–Kier alpha value is -3.22. The van der Waals surface area contributed by atoms with E-state index < -0.39 is 6.04 Å². The van der Waals surface area contributed by atoms with E-state index in [9.17, 15) is 9.59 Å². The van der Waals surface area contributed by atoms with E-state index in [1.165, 1.54) is 0 Å². The predicted molar refractivity (Wildman–Crippen MR) is 115 cm³/mol. The molecule has 30 heavy (non-hydrogen) atoms. The molecule has 7 heteroatoms. The highest BCUT2D eigenvalue weighted by atomic mass is 16.5. The minimum Gasteiger partial charge on any atom is -0.497 e.